The van der Waals surface area contributed by atoms with E-state index in [1.54, 1.807) is 12.3 Å². The topological polar surface area (TPSA) is 61.3 Å². The maximum Gasteiger partial charge on any atom is 0.267 e. The number of hydrogen-bond donors (Lipinski definition) is 2. The van der Waals surface area contributed by atoms with E-state index in [4.69, 9.17) is 4.42 Å². The molecule has 2 rings (SSSR count). The van der Waals surface area contributed by atoms with E-state index in [9.17, 15) is 4.79 Å². The molecule has 0 saturated heterocycles. The fourth-order valence-electron chi connectivity index (χ4n) is 2.11. The Labute approximate surface area is 113 Å². The molecule has 1 amide bonds. The van der Waals surface area contributed by atoms with Crippen LogP contribution in [0.3, 0.4) is 0 Å². The van der Waals surface area contributed by atoms with Crippen molar-refractivity contribution in [3.8, 4) is 0 Å². The normalized spacial score (nSPS) is 11.3. The van der Waals surface area contributed by atoms with Crippen molar-refractivity contribution in [1.29, 1.82) is 0 Å². The predicted octanol–water partition coefficient (Wildman–Crippen LogP) is 2.22. The Morgan fingerprint density at radius 1 is 1.42 bits per heavy atom. The number of H-pyrrole nitrogens is 1. The molecule has 2 aromatic heterocycles. The van der Waals surface area contributed by atoms with Crippen LogP contribution in [0.25, 0.3) is 11.1 Å². The van der Waals surface area contributed by atoms with Crippen LogP contribution in [0.2, 0.25) is 0 Å². The fraction of sp³-hybridized carbons (Fsp3) is 0.500. The summed E-state index contributed by atoms with van der Waals surface area (Å²) in [6, 6.07) is 3.54. The van der Waals surface area contributed by atoms with Crippen molar-refractivity contribution in [2.24, 2.45) is 0 Å². The number of amides is 1. The van der Waals surface area contributed by atoms with Crippen molar-refractivity contribution in [1.82, 2.24) is 15.2 Å². The molecule has 0 aliphatic carbocycles. The number of hydrogen-bond acceptors (Lipinski definition) is 3. The van der Waals surface area contributed by atoms with E-state index in [0.29, 0.717) is 17.8 Å². The first-order valence-electron chi connectivity index (χ1n) is 6.81. The highest BCUT2D eigenvalue weighted by atomic mass is 16.3. The maximum atomic E-state index is 11.9. The quantitative estimate of drug-likeness (QED) is 0.753. The first-order chi connectivity index (χ1) is 9.24. The van der Waals surface area contributed by atoms with E-state index in [-0.39, 0.29) is 5.91 Å². The fourth-order valence-corrected chi connectivity index (χ4v) is 2.11. The average molecular weight is 263 g/mol. The van der Waals surface area contributed by atoms with Gasteiger partial charge in [0.1, 0.15) is 5.69 Å². The lowest BCUT2D eigenvalue weighted by atomic mass is 10.3. The number of rotatable bonds is 7. The van der Waals surface area contributed by atoms with Gasteiger partial charge in [-0.05, 0) is 26.1 Å². The van der Waals surface area contributed by atoms with Gasteiger partial charge in [0.15, 0.2) is 5.58 Å². The Morgan fingerprint density at radius 2 is 2.21 bits per heavy atom. The molecule has 0 atom stereocenters. The highest BCUT2D eigenvalue weighted by molar-refractivity contribution is 5.96. The van der Waals surface area contributed by atoms with Crippen LogP contribution in [0.5, 0.6) is 0 Å². The smallest absolute Gasteiger partial charge is 0.267 e. The van der Waals surface area contributed by atoms with Gasteiger partial charge in [-0.3, -0.25) is 4.79 Å². The molecule has 0 saturated carbocycles. The summed E-state index contributed by atoms with van der Waals surface area (Å²) in [5.41, 5.74) is 2.12. The molecule has 0 aromatic carbocycles. The number of aromatic nitrogens is 1. The van der Waals surface area contributed by atoms with Crippen LogP contribution in [0.1, 0.15) is 30.8 Å². The molecule has 0 aliphatic rings. The Bertz CT molecular complexity index is 497. The van der Waals surface area contributed by atoms with Crippen LogP contribution in [0.15, 0.2) is 22.8 Å². The Balaban J connectivity index is 1.77. The monoisotopic (exact) mass is 263 g/mol. The first-order valence-corrected chi connectivity index (χ1v) is 6.81. The summed E-state index contributed by atoms with van der Waals surface area (Å²) in [6.07, 6.45) is 2.57. The Morgan fingerprint density at radius 3 is 2.89 bits per heavy atom. The SMILES string of the molecule is CCN(CC)CCCNC(=O)c1cc2occc2[nH]1. The number of fused-ring (bicyclic) bond motifs is 1. The summed E-state index contributed by atoms with van der Waals surface area (Å²) in [6.45, 7) is 8.11. The van der Waals surface area contributed by atoms with Gasteiger partial charge in [-0.15, -0.1) is 0 Å². The van der Waals surface area contributed by atoms with Crippen LogP contribution in [-0.2, 0) is 0 Å². The minimum absolute atomic E-state index is 0.0778. The molecule has 2 heterocycles. The summed E-state index contributed by atoms with van der Waals surface area (Å²) in [4.78, 5) is 17.3. The Kier molecular flexibility index (Phi) is 4.63. The third-order valence-electron chi connectivity index (χ3n) is 3.32. The maximum absolute atomic E-state index is 11.9. The lowest BCUT2D eigenvalue weighted by molar-refractivity contribution is 0.0947. The van der Waals surface area contributed by atoms with Gasteiger partial charge < -0.3 is 19.6 Å². The minimum atomic E-state index is -0.0778. The van der Waals surface area contributed by atoms with E-state index in [0.717, 1.165) is 31.6 Å². The molecule has 0 radical (unpaired) electrons. The number of carbonyl (C=O) groups excluding carboxylic acids is 1. The van der Waals surface area contributed by atoms with E-state index in [2.05, 4.69) is 29.0 Å². The highest BCUT2D eigenvalue weighted by Gasteiger charge is 2.10. The lowest BCUT2D eigenvalue weighted by Gasteiger charge is -2.17. The Hall–Kier alpha value is -1.75. The number of carbonyl (C=O) groups is 1. The van der Waals surface area contributed by atoms with Gasteiger partial charge in [0.25, 0.3) is 5.91 Å². The van der Waals surface area contributed by atoms with Crippen LogP contribution >= 0.6 is 0 Å². The second kappa shape index (κ2) is 6.43. The first kappa shape index (κ1) is 13.7. The van der Waals surface area contributed by atoms with E-state index in [1.807, 2.05) is 6.07 Å². The molecule has 19 heavy (non-hydrogen) atoms. The number of furan rings is 1. The second-order valence-corrected chi connectivity index (χ2v) is 4.52. The molecule has 0 fully saturated rings. The molecule has 2 N–H and O–H groups in total. The van der Waals surface area contributed by atoms with Gasteiger partial charge >= 0.3 is 0 Å². The lowest BCUT2D eigenvalue weighted by Crippen LogP contribution is -2.30. The van der Waals surface area contributed by atoms with Crippen molar-refractivity contribution in [3.63, 3.8) is 0 Å². The van der Waals surface area contributed by atoms with Crippen LogP contribution in [-0.4, -0.2) is 42.0 Å². The molecule has 104 valence electrons. The van der Waals surface area contributed by atoms with Gasteiger partial charge in [-0.1, -0.05) is 13.8 Å². The van der Waals surface area contributed by atoms with Crippen molar-refractivity contribution in [2.45, 2.75) is 20.3 Å². The molecule has 0 spiro atoms. The van der Waals surface area contributed by atoms with E-state index < -0.39 is 0 Å². The molecular weight excluding hydrogens is 242 g/mol. The van der Waals surface area contributed by atoms with Crippen molar-refractivity contribution in [3.05, 3.63) is 24.1 Å². The van der Waals surface area contributed by atoms with Crippen LogP contribution < -0.4 is 5.32 Å². The third kappa shape index (κ3) is 3.38. The van der Waals surface area contributed by atoms with Gasteiger partial charge in [-0.25, -0.2) is 0 Å². The van der Waals surface area contributed by atoms with E-state index in [1.165, 1.54) is 0 Å². The van der Waals surface area contributed by atoms with Gasteiger partial charge in [-0.2, -0.15) is 0 Å². The van der Waals surface area contributed by atoms with Gasteiger partial charge in [0.2, 0.25) is 0 Å². The zero-order chi connectivity index (χ0) is 13.7. The van der Waals surface area contributed by atoms with Crippen molar-refractivity contribution in [2.75, 3.05) is 26.2 Å². The standard InChI is InChI=1S/C14H21N3O2/c1-3-17(4-2)8-5-7-15-14(18)12-10-13-11(16-12)6-9-19-13/h6,9-10,16H,3-5,7-8H2,1-2H3,(H,15,18). The van der Waals surface area contributed by atoms with Crippen LogP contribution in [0, 0.1) is 0 Å². The number of nitrogens with one attached hydrogen (secondary N) is 2. The highest BCUT2D eigenvalue weighted by Crippen LogP contribution is 2.15. The molecule has 0 aliphatic heterocycles. The molecule has 0 unspecified atom stereocenters. The minimum Gasteiger partial charge on any atom is -0.463 e. The van der Waals surface area contributed by atoms with Gasteiger partial charge in [0.05, 0.1) is 11.8 Å². The number of nitrogens with zero attached hydrogens (tertiary/aromatic N) is 1. The summed E-state index contributed by atoms with van der Waals surface area (Å²) in [7, 11) is 0. The molecule has 5 nitrogen and oxygen atoms in total. The summed E-state index contributed by atoms with van der Waals surface area (Å²) < 4.78 is 5.22. The molecule has 2 aromatic rings. The summed E-state index contributed by atoms with van der Waals surface area (Å²) in [5, 5.41) is 2.91. The van der Waals surface area contributed by atoms with E-state index >= 15 is 0 Å². The molecular formula is C14H21N3O2. The zero-order valence-electron chi connectivity index (χ0n) is 11.5. The second-order valence-electron chi connectivity index (χ2n) is 4.52. The third-order valence-corrected chi connectivity index (χ3v) is 3.32. The number of aromatic amines is 1. The largest absolute Gasteiger partial charge is 0.463 e. The zero-order valence-corrected chi connectivity index (χ0v) is 11.5. The molecule has 0 bridgehead atoms. The summed E-state index contributed by atoms with van der Waals surface area (Å²) >= 11 is 0. The molecule has 5 heteroatoms. The van der Waals surface area contributed by atoms with Crippen LogP contribution in [0.4, 0.5) is 0 Å². The van der Waals surface area contributed by atoms with Crippen molar-refractivity contribution >= 4 is 17.0 Å². The van der Waals surface area contributed by atoms with Crippen molar-refractivity contribution < 1.29 is 9.21 Å². The predicted molar refractivity (Wildman–Crippen MR) is 75.3 cm³/mol. The average Bonchev–Trinajstić information content (AvgIpc) is 2.99. The summed E-state index contributed by atoms with van der Waals surface area (Å²) in [5.74, 6) is -0.0778. The van der Waals surface area contributed by atoms with Gasteiger partial charge in [0, 0.05) is 18.7 Å².